The molecule has 0 spiro atoms. The lowest BCUT2D eigenvalue weighted by molar-refractivity contribution is 0.0251. The fraction of sp³-hybridized carbons (Fsp3) is 0.933. The summed E-state index contributed by atoms with van der Waals surface area (Å²) in [6.45, 7) is 2.17. The minimum absolute atomic E-state index is 0.185. The summed E-state index contributed by atoms with van der Waals surface area (Å²) < 4.78 is 5.58. The Balaban J connectivity index is 1.50. The van der Waals surface area contributed by atoms with E-state index in [1.54, 1.807) is 0 Å². The van der Waals surface area contributed by atoms with Crippen molar-refractivity contribution >= 4 is 17.6 Å². The van der Waals surface area contributed by atoms with Crippen LogP contribution in [0.3, 0.4) is 0 Å². The maximum absolute atomic E-state index is 8.72. The van der Waals surface area contributed by atoms with Gasteiger partial charge >= 0.3 is 0 Å². The summed E-state index contributed by atoms with van der Waals surface area (Å²) in [6.07, 6.45) is 6.36. The van der Waals surface area contributed by atoms with Crippen molar-refractivity contribution in [2.45, 2.75) is 68.2 Å². The molecule has 22 heavy (non-hydrogen) atoms. The van der Waals surface area contributed by atoms with Crippen LogP contribution < -0.4 is 16.2 Å². The van der Waals surface area contributed by atoms with Gasteiger partial charge in [-0.2, -0.15) is 0 Å². The van der Waals surface area contributed by atoms with Crippen LogP contribution >= 0.6 is 11.8 Å². The molecule has 6 nitrogen and oxygen atoms in total. The number of ether oxygens (including phenoxy) is 1. The van der Waals surface area contributed by atoms with Crippen molar-refractivity contribution in [1.82, 2.24) is 21.1 Å². The van der Waals surface area contributed by atoms with Gasteiger partial charge in [-0.05, 0) is 38.0 Å². The zero-order valence-electron chi connectivity index (χ0n) is 13.3. The van der Waals surface area contributed by atoms with E-state index in [2.05, 4.69) is 28.0 Å². The maximum atomic E-state index is 8.72. The summed E-state index contributed by atoms with van der Waals surface area (Å²) in [7, 11) is 1.83. The van der Waals surface area contributed by atoms with Gasteiger partial charge in [0, 0.05) is 19.1 Å². The van der Waals surface area contributed by atoms with Crippen molar-refractivity contribution in [3.8, 4) is 0 Å². The van der Waals surface area contributed by atoms with Gasteiger partial charge in [0.25, 0.3) is 0 Å². The first-order valence-corrected chi connectivity index (χ1v) is 9.47. The van der Waals surface area contributed by atoms with Crippen LogP contribution in [-0.2, 0) is 4.74 Å². The molecule has 124 valence electrons. The lowest BCUT2D eigenvalue weighted by Gasteiger charge is -2.51. The van der Waals surface area contributed by atoms with Crippen molar-refractivity contribution in [1.29, 1.82) is 5.41 Å². The Kier molecular flexibility index (Phi) is 4.11. The average molecular weight is 325 g/mol. The average Bonchev–Trinajstić information content (AvgIpc) is 2.96. The van der Waals surface area contributed by atoms with E-state index in [-0.39, 0.29) is 11.7 Å². The molecule has 0 amide bonds. The van der Waals surface area contributed by atoms with Gasteiger partial charge in [-0.1, -0.05) is 6.92 Å². The van der Waals surface area contributed by atoms with Gasteiger partial charge in [0.05, 0.1) is 17.6 Å². The van der Waals surface area contributed by atoms with E-state index >= 15 is 0 Å². The highest BCUT2D eigenvalue weighted by molar-refractivity contribution is 8.00. The van der Waals surface area contributed by atoms with Crippen LogP contribution in [0.2, 0.25) is 0 Å². The number of amidine groups is 1. The smallest absolute Gasteiger partial charge is 0.144 e. The third kappa shape index (κ3) is 2.38. The fourth-order valence-corrected chi connectivity index (χ4v) is 6.04. The van der Waals surface area contributed by atoms with Gasteiger partial charge < -0.3 is 15.0 Å². The first-order chi connectivity index (χ1) is 10.7. The normalized spacial score (nSPS) is 47.8. The van der Waals surface area contributed by atoms with E-state index in [9.17, 15) is 0 Å². The second-order valence-corrected chi connectivity index (χ2v) is 8.19. The topological polar surface area (TPSA) is 72.4 Å². The number of hydrogen-bond donors (Lipinski definition) is 4. The van der Waals surface area contributed by atoms with Gasteiger partial charge in [-0.3, -0.25) is 5.41 Å². The Bertz CT molecular complexity index is 450. The third-order valence-corrected chi connectivity index (χ3v) is 7.19. The van der Waals surface area contributed by atoms with Gasteiger partial charge in [0.2, 0.25) is 0 Å². The number of nitrogens with zero attached hydrogens (tertiary/aromatic N) is 1. The van der Waals surface area contributed by atoms with Gasteiger partial charge in [0.15, 0.2) is 0 Å². The Morgan fingerprint density at radius 3 is 2.95 bits per heavy atom. The van der Waals surface area contributed by atoms with Crippen molar-refractivity contribution < 1.29 is 4.74 Å². The largest absolute Gasteiger partial charge is 0.381 e. The highest BCUT2D eigenvalue weighted by Gasteiger charge is 2.50. The Morgan fingerprint density at radius 1 is 1.32 bits per heavy atom. The molecular weight excluding hydrogens is 298 g/mol. The molecule has 4 N–H and O–H groups in total. The number of fused-ring (bicyclic) bond motifs is 3. The summed E-state index contributed by atoms with van der Waals surface area (Å²) >= 11 is 1.93. The second kappa shape index (κ2) is 5.94. The summed E-state index contributed by atoms with van der Waals surface area (Å²) in [4.78, 5) is 2.24. The predicted molar refractivity (Wildman–Crippen MR) is 88.3 cm³/mol. The maximum Gasteiger partial charge on any atom is 0.144 e. The molecule has 7 heteroatoms. The van der Waals surface area contributed by atoms with Gasteiger partial charge in [-0.15, -0.1) is 11.8 Å². The van der Waals surface area contributed by atoms with Crippen LogP contribution in [0.4, 0.5) is 0 Å². The molecule has 4 fully saturated rings. The van der Waals surface area contributed by atoms with E-state index in [0.717, 1.165) is 25.1 Å². The summed E-state index contributed by atoms with van der Waals surface area (Å²) in [5, 5.41) is 12.9. The first-order valence-electron chi connectivity index (χ1n) is 8.53. The second-order valence-electron chi connectivity index (χ2n) is 6.96. The summed E-state index contributed by atoms with van der Waals surface area (Å²) in [5.41, 5.74) is 6.87. The number of methoxy groups -OCH3 is 1. The summed E-state index contributed by atoms with van der Waals surface area (Å²) in [6, 6.07) is 0.558. The molecular formula is C15H27N5OS. The van der Waals surface area contributed by atoms with Gasteiger partial charge in [-0.25, -0.2) is 10.9 Å². The van der Waals surface area contributed by atoms with Gasteiger partial charge in [0.1, 0.15) is 11.3 Å². The number of rotatable bonds is 2. The van der Waals surface area contributed by atoms with E-state index < -0.39 is 0 Å². The SMILES string of the molecule is CCC1NNC2SC3NC4CC(OC)CCC4CC3C(=N)N12. The molecule has 7 atom stereocenters. The summed E-state index contributed by atoms with van der Waals surface area (Å²) in [5.74, 6) is 1.86. The molecule has 1 saturated carbocycles. The van der Waals surface area contributed by atoms with E-state index in [1.165, 1.54) is 12.8 Å². The zero-order chi connectivity index (χ0) is 15.3. The van der Waals surface area contributed by atoms with Crippen LogP contribution in [0.5, 0.6) is 0 Å². The number of piperidine rings is 1. The number of hydrazine groups is 1. The van der Waals surface area contributed by atoms with E-state index in [4.69, 9.17) is 10.1 Å². The molecule has 4 rings (SSSR count). The van der Waals surface area contributed by atoms with E-state index in [0.29, 0.717) is 29.4 Å². The first kappa shape index (κ1) is 15.2. The van der Waals surface area contributed by atoms with Crippen LogP contribution in [0.25, 0.3) is 0 Å². The Hall–Kier alpha value is -0.340. The molecule has 0 aromatic rings. The quantitative estimate of drug-likeness (QED) is 0.613. The number of nitrogens with one attached hydrogen (secondary N) is 4. The van der Waals surface area contributed by atoms with Crippen molar-refractivity contribution in [2.24, 2.45) is 11.8 Å². The van der Waals surface area contributed by atoms with Crippen LogP contribution in [0.15, 0.2) is 0 Å². The Labute approximate surface area is 136 Å². The number of thioether (sulfide) groups is 1. The molecule has 1 aliphatic carbocycles. The number of hydrogen-bond acceptors (Lipinski definition) is 6. The highest BCUT2D eigenvalue weighted by Crippen LogP contribution is 2.44. The minimum atomic E-state index is 0.185. The van der Waals surface area contributed by atoms with Crippen molar-refractivity contribution in [3.05, 3.63) is 0 Å². The standard InChI is InChI=1S/C15H27N5OS/c1-3-12-18-19-15-20(12)13(16)10-6-8-4-5-9(21-2)7-11(8)17-14(10)22-15/h8-12,14-19H,3-7H2,1-2H3. The fourth-order valence-electron chi connectivity index (χ4n) is 4.55. The van der Waals surface area contributed by atoms with Crippen LogP contribution in [0.1, 0.15) is 39.0 Å². The molecule has 0 radical (unpaired) electrons. The predicted octanol–water partition coefficient (Wildman–Crippen LogP) is 1.26. The lowest BCUT2D eigenvalue weighted by atomic mass is 9.74. The van der Waals surface area contributed by atoms with Crippen molar-refractivity contribution in [3.63, 3.8) is 0 Å². The lowest BCUT2D eigenvalue weighted by Crippen LogP contribution is -2.62. The van der Waals surface area contributed by atoms with Crippen LogP contribution in [0, 0.1) is 17.2 Å². The molecule has 0 bridgehead atoms. The third-order valence-electron chi connectivity index (χ3n) is 5.83. The molecule has 0 aromatic carbocycles. The van der Waals surface area contributed by atoms with E-state index in [1.807, 2.05) is 18.9 Å². The molecule has 3 aliphatic heterocycles. The Morgan fingerprint density at radius 2 is 2.18 bits per heavy atom. The van der Waals surface area contributed by atoms with Crippen LogP contribution in [-0.4, -0.2) is 47.0 Å². The van der Waals surface area contributed by atoms with Crippen molar-refractivity contribution in [2.75, 3.05) is 7.11 Å². The monoisotopic (exact) mass is 325 g/mol. The highest BCUT2D eigenvalue weighted by atomic mass is 32.2. The molecule has 0 aromatic heterocycles. The molecule has 4 aliphatic rings. The minimum Gasteiger partial charge on any atom is -0.381 e. The molecule has 3 saturated heterocycles. The molecule has 3 heterocycles. The zero-order valence-corrected chi connectivity index (χ0v) is 14.2. The molecule has 7 unspecified atom stereocenters.